The number of benzene rings is 1. The van der Waals surface area contributed by atoms with Crippen molar-refractivity contribution in [2.45, 2.75) is 24.6 Å². The number of halogens is 3. The second kappa shape index (κ2) is 9.07. The van der Waals surface area contributed by atoms with Gasteiger partial charge in [0.15, 0.2) is 0 Å². The van der Waals surface area contributed by atoms with Crippen LogP contribution in [0.15, 0.2) is 48.8 Å². The highest BCUT2D eigenvalue weighted by Gasteiger charge is 2.38. The van der Waals surface area contributed by atoms with Crippen molar-refractivity contribution in [3.8, 4) is 0 Å². The number of aromatic nitrogens is 1. The Labute approximate surface area is 185 Å². The summed E-state index contributed by atoms with van der Waals surface area (Å²) < 4.78 is 39.1. The van der Waals surface area contributed by atoms with E-state index >= 15 is 0 Å². The van der Waals surface area contributed by atoms with Gasteiger partial charge in [0.25, 0.3) is 0 Å². The minimum atomic E-state index is -4.45. The quantitative estimate of drug-likeness (QED) is 0.780. The number of carbonyl (C=O) groups excluding carboxylic acids is 1. The van der Waals surface area contributed by atoms with Gasteiger partial charge in [0.1, 0.15) is 0 Å². The molecule has 0 unspecified atom stereocenters. The lowest BCUT2D eigenvalue weighted by Gasteiger charge is -2.40. The second-order valence-corrected chi connectivity index (χ2v) is 8.46. The summed E-state index contributed by atoms with van der Waals surface area (Å²) in [5.74, 6) is -0.00606. The van der Waals surface area contributed by atoms with E-state index in [9.17, 15) is 23.1 Å². The van der Waals surface area contributed by atoms with Gasteiger partial charge >= 0.3 is 6.18 Å². The smallest absolute Gasteiger partial charge is 0.385 e. The lowest BCUT2D eigenvalue weighted by atomic mass is 9.83. The van der Waals surface area contributed by atoms with Crippen LogP contribution in [0.5, 0.6) is 0 Å². The Morgan fingerprint density at radius 3 is 2.28 bits per heavy atom. The highest BCUT2D eigenvalue weighted by molar-refractivity contribution is 5.78. The highest BCUT2D eigenvalue weighted by Crippen LogP contribution is 2.36. The van der Waals surface area contributed by atoms with Crippen LogP contribution < -0.4 is 4.90 Å². The Kier molecular flexibility index (Phi) is 6.39. The molecule has 32 heavy (non-hydrogen) atoms. The van der Waals surface area contributed by atoms with Gasteiger partial charge in [-0.3, -0.25) is 14.7 Å². The zero-order chi connectivity index (χ0) is 22.8. The van der Waals surface area contributed by atoms with Gasteiger partial charge in [-0.1, -0.05) is 12.1 Å². The molecule has 1 aromatic heterocycles. The number of piperazine rings is 1. The Bertz CT molecular complexity index is 922. The normalized spacial score (nSPS) is 19.8. The fraction of sp³-hybridized carbons (Fsp3) is 0.478. The number of piperidine rings is 1. The molecule has 0 spiro atoms. The van der Waals surface area contributed by atoms with Gasteiger partial charge in [0.05, 0.1) is 17.7 Å². The first-order chi connectivity index (χ1) is 15.2. The Balaban J connectivity index is 1.29. The first kappa shape index (κ1) is 22.5. The lowest BCUT2D eigenvalue weighted by molar-refractivity contribution is -0.137. The summed E-state index contributed by atoms with van der Waals surface area (Å²) in [7, 11) is 0. The number of likely N-dealkylation sites (tertiary alicyclic amines) is 1. The molecule has 2 fully saturated rings. The fourth-order valence-electron chi connectivity index (χ4n) is 4.41. The molecule has 3 heterocycles. The zero-order valence-electron chi connectivity index (χ0n) is 17.8. The van der Waals surface area contributed by atoms with Gasteiger partial charge < -0.3 is 14.9 Å². The molecule has 2 aliphatic heterocycles. The maximum absolute atomic E-state index is 13.0. The zero-order valence-corrected chi connectivity index (χ0v) is 17.8. The van der Waals surface area contributed by atoms with Crippen LogP contribution in [-0.4, -0.2) is 71.6 Å². The van der Waals surface area contributed by atoms with Crippen LogP contribution in [0.2, 0.25) is 0 Å². The first-order valence-electron chi connectivity index (χ1n) is 10.8. The number of anilines is 1. The van der Waals surface area contributed by atoms with E-state index in [4.69, 9.17) is 0 Å². The van der Waals surface area contributed by atoms with Crippen LogP contribution in [0.3, 0.4) is 0 Å². The maximum Gasteiger partial charge on any atom is 0.416 e. The molecule has 4 rings (SSSR count). The number of amides is 1. The van der Waals surface area contributed by atoms with Gasteiger partial charge in [0.2, 0.25) is 5.91 Å². The second-order valence-electron chi connectivity index (χ2n) is 8.46. The van der Waals surface area contributed by atoms with Crippen LogP contribution >= 0.6 is 0 Å². The summed E-state index contributed by atoms with van der Waals surface area (Å²) in [6.07, 6.45) is -0.486. The number of hydrogen-bond donors (Lipinski definition) is 1. The molecule has 1 N–H and O–H groups in total. The monoisotopic (exact) mass is 448 g/mol. The molecule has 0 atom stereocenters. The molecule has 1 aromatic carbocycles. The Morgan fingerprint density at radius 1 is 1.00 bits per heavy atom. The number of aliphatic hydroxyl groups is 1. The first-order valence-corrected chi connectivity index (χ1v) is 10.8. The van der Waals surface area contributed by atoms with E-state index in [0.29, 0.717) is 19.6 Å². The van der Waals surface area contributed by atoms with E-state index in [1.54, 1.807) is 17.3 Å². The number of alkyl halides is 3. The molecule has 0 aliphatic carbocycles. The van der Waals surface area contributed by atoms with E-state index in [1.807, 2.05) is 12.1 Å². The van der Waals surface area contributed by atoms with E-state index in [0.717, 1.165) is 44.0 Å². The van der Waals surface area contributed by atoms with Gasteiger partial charge in [-0.2, -0.15) is 13.2 Å². The van der Waals surface area contributed by atoms with Gasteiger partial charge in [-0.15, -0.1) is 0 Å². The average Bonchev–Trinajstić information content (AvgIpc) is 2.80. The molecular formula is C23H27F3N4O2. The molecule has 0 radical (unpaired) electrons. The molecule has 6 nitrogen and oxygen atoms in total. The van der Waals surface area contributed by atoms with Crippen molar-refractivity contribution < 1.29 is 23.1 Å². The van der Waals surface area contributed by atoms with Crippen molar-refractivity contribution in [2.24, 2.45) is 0 Å². The van der Waals surface area contributed by atoms with Crippen LogP contribution in [0.4, 0.5) is 18.9 Å². The average molecular weight is 448 g/mol. The minimum Gasteiger partial charge on any atom is -0.385 e. The summed E-state index contributed by atoms with van der Waals surface area (Å²) in [5, 5.41) is 11.0. The standard InChI is InChI=1S/C23H27F3N4O2/c24-23(25,26)19-3-1-2-18(16-19)22(32)6-10-30(11-7-22)21(31)17-28-12-14-29(15-13-28)20-4-8-27-9-5-20/h1-5,8-9,16,32H,6-7,10-15,17H2. The van der Waals surface area contributed by atoms with Gasteiger partial charge in [-0.05, 0) is 42.7 Å². The molecular weight excluding hydrogens is 421 g/mol. The number of hydrogen-bond acceptors (Lipinski definition) is 5. The molecule has 1 amide bonds. The topological polar surface area (TPSA) is 59.9 Å². The molecule has 2 aliphatic rings. The third-order valence-corrected chi connectivity index (χ3v) is 6.43. The van der Waals surface area contributed by atoms with Crippen molar-refractivity contribution in [1.82, 2.24) is 14.8 Å². The van der Waals surface area contributed by atoms with Crippen LogP contribution in [0, 0.1) is 0 Å². The van der Waals surface area contributed by atoms with Gasteiger partial charge in [0, 0.05) is 57.3 Å². The van der Waals surface area contributed by atoms with Crippen LogP contribution in [0.1, 0.15) is 24.0 Å². The largest absolute Gasteiger partial charge is 0.416 e. The van der Waals surface area contributed by atoms with Crippen molar-refractivity contribution in [2.75, 3.05) is 50.7 Å². The summed E-state index contributed by atoms with van der Waals surface area (Å²) in [6, 6.07) is 8.80. The Hall–Kier alpha value is -2.65. The van der Waals surface area contributed by atoms with Crippen LogP contribution in [0.25, 0.3) is 0 Å². The SMILES string of the molecule is O=C(CN1CCN(c2ccncc2)CC1)N1CCC(O)(c2cccc(C(F)(F)F)c2)CC1. The van der Waals surface area contributed by atoms with E-state index in [1.165, 1.54) is 12.1 Å². The minimum absolute atomic E-state index is 0.00606. The van der Waals surface area contributed by atoms with Crippen molar-refractivity contribution >= 4 is 11.6 Å². The summed E-state index contributed by atoms with van der Waals surface area (Å²) in [6.45, 7) is 4.16. The van der Waals surface area contributed by atoms with E-state index in [2.05, 4.69) is 14.8 Å². The molecule has 172 valence electrons. The van der Waals surface area contributed by atoms with Gasteiger partial charge in [-0.25, -0.2) is 0 Å². The number of pyridine rings is 1. The third-order valence-electron chi connectivity index (χ3n) is 6.43. The molecule has 9 heteroatoms. The summed E-state index contributed by atoms with van der Waals surface area (Å²) in [4.78, 5) is 22.9. The molecule has 0 bridgehead atoms. The predicted octanol–water partition coefficient (Wildman–Crippen LogP) is 2.73. The summed E-state index contributed by atoms with van der Waals surface area (Å²) in [5.41, 5.74) is -0.746. The molecule has 2 saturated heterocycles. The molecule has 2 aromatic rings. The lowest BCUT2D eigenvalue weighted by Crippen LogP contribution is -2.52. The van der Waals surface area contributed by atoms with Crippen molar-refractivity contribution in [1.29, 1.82) is 0 Å². The van der Waals surface area contributed by atoms with Crippen molar-refractivity contribution in [3.05, 3.63) is 59.9 Å². The third kappa shape index (κ3) is 5.05. The maximum atomic E-state index is 13.0. The number of carbonyl (C=O) groups is 1. The van der Waals surface area contributed by atoms with E-state index in [-0.39, 0.29) is 24.3 Å². The molecule has 0 saturated carbocycles. The number of nitrogens with zero attached hydrogens (tertiary/aromatic N) is 4. The Morgan fingerprint density at radius 2 is 1.66 bits per heavy atom. The fourth-order valence-corrected chi connectivity index (χ4v) is 4.41. The van der Waals surface area contributed by atoms with E-state index < -0.39 is 17.3 Å². The highest BCUT2D eigenvalue weighted by atomic mass is 19.4. The predicted molar refractivity (Wildman–Crippen MR) is 114 cm³/mol. The van der Waals surface area contributed by atoms with Crippen LogP contribution in [-0.2, 0) is 16.6 Å². The number of rotatable bonds is 4. The summed E-state index contributed by atoms with van der Waals surface area (Å²) >= 11 is 0. The van der Waals surface area contributed by atoms with Crippen molar-refractivity contribution in [3.63, 3.8) is 0 Å².